The van der Waals surface area contributed by atoms with Gasteiger partial charge >= 0.3 is 11.9 Å². The Morgan fingerprint density at radius 3 is 2.34 bits per heavy atom. The van der Waals surface area contributed by atoms with Crippen molar-refractivity contribution < 1.29 is 49.1 Å². The number of Topliss-reactive ketones (excluding diaryl/α,β-unsaturated/α-hetero) is 1. The van der Waals surface area contributed by atoms with Crippen molar-refractivity contribution >= 4 is 29.5 Å². The predicted octanol–water partition coefficient (Wildman–Crippen LogP) is -2.02. The Morgan fingerprint density at radius 1 is 1.09 bits per heavy atom. The van der Waals surface area contributed by atoms with Crippen LogP contribution in [0.4, 0.5) is 0 Å². The lowest BCUT2D eigenvalue weighted by molar-refractivity contribution is -0.142. The van der Waals surface area contributed by atoms with E-state index in [0.29, 0.717) is 18.5 Å². The monoisotopic (exact) mass is 499 g/mol. The van der Waals surface area contributed by atoms with Crippen molar-refractivity contribution in [1.29, 1.82) is 0 Å². The lowest BCUT2D eigenvalue weighted by Crippen LogP contribution is -2.42. The van der Waals surface area contributed by atoms with Crippen LogP contribution in [0.3, 0.4) is 0 Å². The van der Waals surface area contributed by atoms with E-state index in [1.807, 2.05) is 6.92 Å². The highest BCUT2D eigenvalue weighted by molar-refractivity contribution is 5.92. The smallest absolute Gasteiger partial charge is 0.304 e. The highest BCUT2D eigenvalue weighted by atomic mass is 16.6. The fraction of sp³-hybridized carbons (Fsp3) is 0.650. The number of nitrogens with one attached hydrogen (secondary N) is 1. The molecule has 0 aliphatic carbocycles. The van der Waals surface area contributed by atoms with E-state index in [-0.39, 0.29) is 18.7 Å². The largest absolute Gasteiger partial charge is 0.481 e. The molecule has 0 bridgehead atoms. The maximum atomic E-state index is 12.5. The van der Waals surface area contributed by atoms with Gasteiger partial charge in [-0.1, -0.05) is 18.6 Å². The average Bonchev–Trinajstić information content (AvgIpc) is 3.31. The van der Waals surface area contributed by atoms with Crippen LogP contribution in [-0.4, -0.2) is 89.8 Å². The number of hydrogen-bond donors (Lipinski definition) is 6. The van der Waals surface area contributed by atoms with Crippen LogP contribution in [-0.2, 0) is 30.3 Å². The zero-order chi connectivity index (χ0) is 26.3. The molecule has 15 heteroatoms. The summed E-state index contributed by atoms with van der Waals surface area (Å²) in [5.74, 6) is -6.01. The van der Waals surface area contributed by atoms with Crippen molar-refractivity contribution in [3.05, 3.63) is 11.4 Å². The second kappa shape index (κ2) is 12.3. The van der Waals surface area contributed by atoms with Gasteiger partial charge < -0.3 is 36.2 Å². The summed E-state index contributed by atoms with van der Waals surface area (Å²) in [6.45, 7) is 1.49. The number of carbonyl (C=O) groups is 5. The number of carbonyl (C=O) groups excluding carboxylic acids is 3. The van der Waals surface area contributed by atoms with E-state index in [1.165, 1.54) is 0 Å². The Labute approximate surface area is 199 Å². The van der Waals surface area contributed by atoms with Crippen molar-refractivity contribution in [2.45, 2.75) is 70.0 Å². The highest BCUT2D eigenvalue weighted by Crippen LogP contribution is 2.30. The third-order valence-corrected chi connectivity index (χ3v) is 5.45. The van der Waals surface area contributed by atoms with Gasteiger partial charge in [-0.2, -0.15) is 0 Å². The number of nitrogens with zero attached hydrogens (tertiary/aromatic N) is 3. The maximum Gasteiger partial charge on any atom is 0.304 e. The zero-order valence-electron chi connectivity index (χ0n) is 19.0. The Morgan fingerprint density at radius 2 is 1.77 bits per heavy atom. The number of carboxylic acids is 2. The standard InChI is InChI=1S/C20H29N5O10/c1-2-3-11-15(18(21)33)23-24-25(11)20-17(32)16(31)12(35-20)8-22-19(34)9(7-14(29)30)6-10(26)4-5-13(27)28/h9,12,16-17,20,31-32H,2-8H2,1H3,(H2,21,33)(H,22,34)(H,27,28)(H,29,30)/t9-,12+,16+,17+,20+/m0/s1. The molecule has 1 aliphatic heterocycles. The van der Waals surface area contributed by atoms with E-state index in [9.17, 15) is 34.2 Å². The van der Waals surface area contributed by atoms with Gasteiger partial charge in [0.05, 0.1) is 24.5 Å². The first-order chi connectivity index (χ1) is 16.5. The molecule has 2 heterocycles. The van der Waals surface area contributed by atoms with Crippen LogP contribution in [0, 0.1) is 5.92 Å². The minimum absolute atomic E-state index is 0.0991. The van der Waals surface area contributed by atoms with Crippen LogP contribution < -0.4 is 11.1 Å². The first kappa shape index (κ1) is 27.8. The van der Waals surface area contributed by atoms with Crippen molar-refractivity contribution in [2.24, 2.45) is 11.7 Å². The Bertz CT molecular complexity index is 964. The average molecular weight is 499 g/mol. The summed E-state index contributed by atoms with van der Waals surface area (Å²) < 4.78 is 6.80. The number of amides is 2. The number of aromatic nitrogens is 3. The van der Waals surface area contributed by atoms with E-state index in [2.05, 4.69) is 15.6 Å². The van der Waals surface area contributed by atoms with Crippen molar-refractivity contribution in [2.75, 3.05) is 6.54 Å². The van der Waals surface area contributed by atoms with E-state index >= 15 is 0 Å². The third-order valence-electron chi connectivity index (χ3n) is 5.45. The number of aliphatic hydroxyl groups excluding tert-OH is 2. The van der Waals surface area contributed by atoms with Gasteiger partial charge in [0.25, 0.3) is 5.91 Å². The van der Waals surface area contributed by atoms with Gasteiger partial charge in [-0.3, -0.25) is 24.0 Å². The van der Waals surface area contributed by atoms with E-state index in [1.54, 1.807) is 0 Å². The highest BCUT2D eigenvalue weighted by Gasteiger charge is 2.45. The summed E-state index contributed by atoms with van der Waals surface area (Å²) in [6.07, 6.45) is -6.35. The van der Waals surface area contributed by atoms with Crippen LogP contribution in [0.2, 0.25) is 0 Å². The summed E-state index contributed by atoms with van der Waals surface area (Å²) >= 11 is 0. The molecule has 35 heavy (non-hydrogen) atoms. The normalized spacial score (nSPS) is 22.5. The molecule has 1 aromatic rings. The van der Waals surface area contributed by atoms with Crippen LogP contribution in [0.1, 0.15) is 61.4 Å². The van der Waals surface area contributed by atoms with Crippen LogP contribution in [0.5, 0.6) is 0 Å². The molecule has 2 amide bonds. The van der Waals surface area contributed by atoms with Crippen molar-refractivity contribution in [3.8, 4) is 0 Å². The lowest BCUT2D eigenvalue weighted by Gasteiger charge is -2.19. The molecule has 0 spiro atoms. The lowest BCUT2D eigenvalue weighted by atomic mass is 9.95. The number of ketones is 1. The van der Waals surface area contributed by atoms with Crippen LogP contribution in [0.25, 0.3) is 0 Å². The van der Waals surface area contributed by atoms with Gasteiger partial charge in [0, 0.05) is 19.4 Å². The van der Waals surface area contributed by atoms with Gasteiger partial charge in [0.15, 0.2) is 11.9 Å². The molecular formula is C20H29N5O10. The molecule has 0 radical (unpaired) electrons. The SMILES string of the molecule is CCCc1c(C(N)=O)nnn1[C@@H]1O[C@H](CNC(=O)[C@H](CC(=O)O)CC(=O)CCC(=O)O)[C@@H](O)[C@H]1O. The number of aliphatic carboxylic acids is 2. The summed E-state index contributed by atoms with van der Waals surface area (Å²) in [5, 5.41) is 48.5. The Hall–Kier alpha value is -3.43. The molecule has 5 atom stereocenters. The second-order valence-corrected chi connectivity index (χ2v) is 8.17. The fourth-order valence-corrected chi connectivity index (χ4v) is 3.72. The molecule has 2 rings (SSSR count). The molecule has 1 saturated heterocycles. The Kier molecular flexibility index (Phi) is 9.79. The van der Waals surface area contributed by atoms with E-state index < -0.39 is 79.3 Å². The number of hydrogen-bond acceptors (Lipinski definition) is 10. The minimum atomic E-state index is -1.50. The molecule has 1 aliphatic rings. The quantitative estimate of drug-likeness (QED) is 0.162. The molecule has 0 aromatic carbocycles. The van der Waals surface area contributed by atoms with Gasteiger partial charge in [-0.25, -0.2) is 4.68 Å². The first-order valence-corrected chi connectivity index (χ1v) is 10.9. The zero-order valence-corrected chi connectivity index (χ0v) is 19.0. The predicted molar refractivity (Wildman–Crippen MR) is 114 cm³/mol. The number of carboxylic acid groups (broad SMARTS) is 2. The molecule has 1 fully saturated rings. The van der Waals surface area contributed by atoms with Crippen molar-refractivity contribution in [3.63, 3.8) is 0 Å². The fourth-order valence-electron chi connectivity index (χ4n) is 3.72. The number of aliphatic hydroxyl groups is 2. The Balaban J connectivity index is 2.07. The third kappa shape index (κ3) is 7.27. The van der Waals surface area contributed by atoms with Gasteiger partial charge in [0.1, 0.15) is 24.1 Å². The topological polar surface area (TPSA) is 244 Å². The summed E-state index contributed by atoms with van der Waals surface area (Å²) in [4.78, 5) is 57.8. The molecule has 1 aromatic heterocycles. The molecular weight excluding hydrogens is 470 g/mol. The minimum Gasteiger partial charge on any atom is -0.481 e. The summed E-state index contributed by atoms with van der Waals surface area (Å²) in [6, 6.07) is 0. The number of rotatable bonds is 14. The second-order valence-electron chi connectivity index (χ2n) is 8.17. The molecule has 0 unspecified atom stereocenters. The number of primary amides is 1. The van der Waals surface area contributed by atoms with Gasteiger partial charge in [0.2, 0.25) is 5.91 Å². The molecule has 15 nitrogen and oxygen atoms in total. The number of ether oxygens (including phenoxy) is 1. The van der Waals surface area contributed by atoms with E-state index in [4.69, 9.17) is 20.7 Å². The van der Waals surface area contributed by atoms with Gasteiger partial charge in [-0.15, -0.1) is 5.10 Å². The van der Waals surface area contributed by atoms with Crippen molar-refractivity contribution in [1.82, 2.24) is 20.3 Å². The molecule has 194 valence electrons. The maximum absolute atomic E-state index is 12.5. The van der Waals surface area contributed by atoms with Crippen LogP contribution >= 0.6 is 0 Å². The molecule has 0 saturated carbocycles. The van der Waals surface area contributed by atoms with Crippen LogP contribution in [0.15, 0.2) is 0 Å². The summed E-state index contributed by atoms with van der Waals surface area (Å²) in [7, 11) is 0. The van der Waals surface area contributed by atoms with E-state index in [0.717, 1.165) is 4.68 Å². The first-order valence-electron chi connectivity index (χ1n) is 10.9. The molecule has 7 N–H and O–H groups in total. The summed E-state index contributed by atoms with van der Waals surface area (Å²) in [5.41, 5.74) is 5.52. The number of nitrogens with two attached hydrogens (primary N) is 1. The van der Waals surface area contributed by atoms with Gasteiger partial charge in [-0.05, 0) is 6.42 Å².